The van der Waals surface area contributed by atoms with Gasteiger partial charge in [0.1, 0.15) is 0 Å². The molecule has 0 bridgehead atoms. The molecule has 2 aliphatic rings. The molecule has 0 spiro atoms. The van der Waals surface area contributed by atoms with Crippen LogP contribution >= 0.6 is 11.3 Å². The van der Waals surface area contributed by atoms with Gasteiger partial charge in [0.2, 0.25) is 10.0 Å². The van der Waals surface area contributed by atoms with Crippen LogP contribution in [0.25, 0.3) is 10.2 Å². The molecule has 1 amide bonds. The van der Waals surface area contributed by atoms with E-state index in [-0.39, 0.29) is 16.8 Å². The monoisotopic (exact) mass is 554 g/mol. The molecule has 1 aliphatic heterocycles. The van der Waals surface area contributed by atoms with Gasteiger partial charge < -0.3 is 9.80 Å². The van der Waals surface area contributed by atoms with Crippen LogP contribution in [0.4, 0.5) is 5.13 Å². The molecule has 0 atom stereocenters. The van der Waals surface area contributed by atoms with E-state index >= 15 is 0 Å². The number of rotatable bonds is 7. The van der Waals surface area contributed by atoms with E-state index in [2.05, 4.69) is 36.9 Å². The minimum Gasteiger partial charge on any atom is -0.345 e. The Kier molecular flexibility index (Phi) is 8.07. The van der Waals surface area contributed by atoms with E-state index in [1.54, 1.807) is 39.9 Å². The number of aromatic nitrogens is 1. The van der Waals surface area contributed by atoms with Crippen molar-refractivity contribution in [2.24, 2.45) is 0 Å². The molecule has 1 saturated carbocycles. The van der Waals surface area contributed by atoms with Crippen molar-refractivity contribution in [2.75, 3.05) is 37.6 Å². The number of amides is 1. The molecular weight excluding hydrogens is 516 g/mol. The van der Waals surface area contributed by atoms with Gasteiger partial charge in [0.25, 0.3) is 5.91 Å². The predicted octanol–water partition coefficient (Wildman–Crippen LogP) is 5.73. The van der Waals surface area contributed by atoms with Gasteiger partial charge >= 0.3 is 0 Å². The van der Waals surface area contributed by atoms with Crippen LogP contribution in [0.1, 0.15) is 74.7 Å². The number of anilines is 1. The fourth-order valence-electron chi connectivity index (χ4n) is 5.74. The number of thiazole rings is 1. The maximum Gasteiger partial charge on any atom is 0.253 e. The first-order valence-electron chi connectivity index (χ1n) is 13.8. The topological polar surface area (TPSA) is 73.8 Å². The van der Waals surface area contributed by atoms with Crippen molar-refractivity contribution in [2.45, 2.75) is 69.7 Å². The number of fused-ring (bicyclic) bond motifs is 1. The van der Waals surface area contributed by atoms with Crippen LogP contribution in [0, 0.1) is 0 Å². The summed E-state index contributed by atoms with van der Waals surface area (Å²) in [5.74, 6) is 0.362. The number of benzene rings is 2. The lowest BCUT2D eigenvalue weighted by molar-refractivity contribution is 0.0746. The summed E-state index contributed by atoms with van der Waals surface area (Å²) < 4.78 is 29.6. The molecule has 0 N–H and O–H groups in total. The van der Waals surface area contributed by atoms with Crippen LogP contribution in [-0.4, -0.2) is 67.3 Å². The zero-order valence-corrected chi connectivity index (χ0v) is 24.2. The van der Waals surface area contributed by atoms with Gasteiger partial charge in [-0.3, -0.25) is 4.79 Å². The molecule has 0 radical (unpaired) electrons. The van der Waals surface area contributed by atoms with Crippen LogP contribution in [0.2, 0.25) is 0 Å². The molecule has 204 valence electrons. The largest absolute Gasteiger partial charge is 0.345 e. The Morgan fingerprint density at radius 1 is 1.03 bits per heavy atom. The van der Waals surface area contributed by atoms with Crippen LogP contribution in [0.3, 0.4) is 0 Å². The molecule has 0 unspecified atom stereocenters. The lowest BCUT2D eigenvalue weighted by Crippen LogP contribution is -2.48. The molecule has 2 heterocycles. The van der Waals surface area contributed by atoms with E-state index in [0.717, 1.165) is 49.4 Å². The van der Waals surface area contributed by atoms with Crippen LogP contribution in [0.15, 0.2) is 47.4 Å². The van der Waals surface area contributed by atoms with Gasteiger partial charge in [-0.2, -0.15) is 4.31 Å². The molecule has 7 nitrogen and oxygen atoms in total. The Balaban J connectivity index is 1.24. The highest BCUT2D eigenvalue weighted by Gasteiger charge is 2.31. The van der Waals surface area contributed by atoms with Gasteiger partial charge in [0.15, 0.2) is 5.13 Å². The highest BCUT2D eigenvalue weighted by molar-refractivity contribution is 7.89. The summed E-state index contributed by atoms with van der Waals surface area (Å²) in [5.41, 5.74) is 2.88. The van der Waals surface area contributed by atoms with Crippen molar-refractivity contribution in [1.82, 2.24) is 14.2 Å². The number of hydrogen-bond donors (Lipinski definition) is 0. The summed E-state index contributed by atoms with van der Waals surface area (Å²) in [5, 5.41) is 1.01. The Morgan fingerprint density at radius 2 is 1.71 bits per heavy atom. The van der Waals surface area contributed by atoms with Gasteiger partial charge in [-0.25, -0.2) is 13.4 Å². The maximum absolute atomic E-state index is 13.4. The highest BCUT2D eigenvalue weighted by Crippen LogP contribution is 2.34. The standard InChI is InChI=1S/C29H38N4O3S2/c1-4-33(23-9-6-5-7-10-23)38(35,36)24-15-13-22(14-16-24)28(34)31-17-19-32(20-18-31)29-30-27-25(21(2)3)11-8-12-26(27)37-29/h8,11-16,21,23H,4-7,9-10,17-20H2,1-3H3. The quantitative estimate of drug-likeness (QED) is 0.373. The van der Waals surface area contributed by atoms with Gasteiger partial charge in [-0.15, -0.1) is 0 Å². The first-order valence-corrected chi connectivity index (χ1v) is 16.1. The molecule has 2 fully saturated rings. The van der Waals surface area contributed by atoms with Gasteiger partial charge in [0.05, 0.1) is 15.1 Å². The van der Waals surface area contributed by atoms with Gasteiger partial charge in [-0.05, 0) is 54.7 Å². The van der Waals surface area contributed by atoms with E-state index in [0.29, 0.717) is 31.1 Å². The fraction of sp³-hybridized carbons (Fsp3) is 0.517. The van der Waals surface area contributed by atoms with E-state index in [9.17, 15) is 13.2 Å². The third-order valence-electron chi connectivity index (χ3n) is 7.90. The Hall–Kier alpha value is -2.49. The third kappa shape index (κ3) is 5.33. The van der Waals surface area contributed by atoms with E-state index in [1.165, 1.54) is 16.7 Å². The SMILES string of the molecule is CCN(C1CCCCC1)S(=O)(=O)c1ccc(C(=O)N2CCN(c3nc4c(C(C)C)cccc4s3)CC2)cc1. The molecule has 1 aromatic heterocycles. The second-order valence-corrected chi connectivity index (χ2v) is 13.5. The molecular formula is C29H38N4O3S2. The number of carbonyl (C=O) groups excluding carboxylic acids is 1. The summed E-state index contributed by atoms with van der Waals surface area (Å²) in [7, 11) is -3.58. The lowest BCUT2D eigenvalue weighted by atomic mass is 9.95. The van der Waals surface area contributed by atoms with E-state index < -0.39 is 10.0 Å². The van der Waals surface area contributed by atoms with Crippen molar-refractivity contribution >= 4 is 42.6 Å². The first-order chi connectivity index (χ1) is 18.3. The predicted molar refractivity (Wildman–Crippen MR) is 155 cm³/mol. The van der Waals surface area contributed by atoms with Crippen LogP contribution in [-0.2, 0) is 10.0 Å². The average Bonchev–Trinajstić information content (AvgIpc) is 3.38. The second-order valence-electron chi connectivity index (χ2n) is 10.6. The number of piperazine rings is 1. The molecule has 2 aromatic carbocycles. The Morgan fingerprint density at radius 3 is 2.34 bits per heavy atom. The normalized spacial score (nSPS) is 17.6. The van der Waals surface area contributed by atoms with Crippen molar-refractivity contribution in [3.63, 3.8) is 0 Å². The maximum atomic E-state index is 13.4. The van der Waals surface area contributed by atoms with E-state index in [1.807, 2.05) is 11.8 Å². The molecule has 1 saturated heterocycles. The van der Waals surface area contributed by atoms with E-state index in [4.69, 9.17) is 4.98 Å². The van der Waals surface area contributed by atoms with Crippen molar-refractivity contribution in [3.05, 3.63) is 53.6 Å². The number of carbonyl (C=O) groups is 1. The lowest BCUT2D eigenvalue weighted by Gasteiger charge is -2.34. The smallest absolute Gasteiger partial charge is 0.253 e. The Bertz CT molecular complexity index is 1370. The van der Waals surface area contributed by atoms with Crippen LogP contribution in [0.5, 0.6) is 0 Å². The molecule has 38 heavy (non-hydrogen) atoms. The molecule has 9 heteroatoms. The second kappa shape index (κ2) is 11.3. The van der Waals surface area contributed by atoms with Crippen molar-refractivity contribution in [1.29, 1.82) is 0 Å². The number of para-hydroxylation sites is 1. The summed E-state index contributed by atoms with van der Waals surface area (Å²) in [6, 6.07) is 13.0. The number of hydrogen-bond acceptors (Lipinski definition) is 6. The number of nitrogens with zero attached hydrogens (tertiary/aromatic N) is 4. The third-order valence-corrected chi connectivity index (χ3v) is 11.0. The van der Waals surface area contributed by atoms with Crippen LogP contribution < -0.4 is 4.90 Å². The molecule has 3 aromatic rings. The number of sulfonamides is 1. The summed E-state index contributed by atoms with van der Waals surface area (Å²) in [4.78, 5) is 22.6. The summed E-state index contributed by atoms with van der Waals surface area (Å²) in [6.07, 6.45) is 5.18. The minimum absolute atomic E-state index is 0.0559. The molecule has 1 aliphatic carbocycles. The zero-order chi connectivity index (χ0) is 26.9. The van der Waals surface area contributed by atoms with Crippen molar-refractivity contribution < 1.29 is 13.2 Å². The highest BCUT2D eigenvalue weighted by atomic mass is 32.2. The van der Waals surface area contributed by atoms with Gasteiger partial charge in [0, 0.05) is 44.3 Å². The first kappa shape index (κ1) is 27.1. The Labute approximate surface area is 230 Å². The molecule has 5 rings (SSSR count). The average molecular weight is 555 g/mol. The summed E-state index contributed by atoms with van der Waals surface area (Å²) >= 11 is 1.71. The zero-order valence-electron chi connectivity index (χ0n) is 22.6. The minimum atomic E-state index is -3.58. The summed E-state index contributed by atoms with van der Waals surface area (Å²) in [6.45, 7) is 9.41. The fourth-order valence-corrected chi connectivity index (χ4v) is 8.49. The van der Waals surface area contributed by atoms with Gasteiger partial charge in [-0.1, -0.05) is 63.5 Å². The van der Waals surface area contributed by atoms with Crippen molar-refractivity contribution in [3.8, 4) is 0 Å².